The molecule has 0 unspecified atom stereocenters. The molecule has 0 aliphatic carbocycles. The molecule has 0 saturated carbocycles. The number of quaternary nitrogens is 1. The molecule has 3 heteroatoms. The quantitative estimate of drug-likeness (QED) is 0.400. The molecule has 1 heterocycles. The van der Waals surface area contributed by atoms with Crippen molar-refractivity contribution >= 4 is 0 Å². The fourth-order valence-electron chi connectivity index (χ4n) is 1.33. The van der Waals surface area contributed by atoms with Gasteiger partial charge in [-0.15, -0.1) is 0 Å². The maximum Gasteiger partial charge on any atom is 0.0973 e. The van der Waals surface area contributed by atoms with Gasteiger partial charge in [-0.1, -0.05) is 0 Å². The Bertz CT molecular complexity index is 166. The highest BCUT2D eigenvalue weighted by atomic mass is 79.9. The fraction of sp³-hybridized carbons (Fsp3) is 0.778. The van der Waals surface area contributed by atoms with Crippen LogP contribution >= 0.6 is 0 Å². The second kappa shape index (κ2) is 5.00. The van der Waals surface area contributed by atoms with E-state index in [9.17, 15) is 0 Å². The van der Waals surface area contributed by atoms with Crippen LogP contribution in [-0.4, -0.2) is 45.4 Å². The van der Waals surface area contributed by atoms with Crippen molar-refractivity contribution in [2.75, 3.05) is 40.9 Å². The van der Waals surface area contributed by atoms with E-state index in [-0.39, 0.29) is 17.0 Å². The minimum atomic E-state index is 0. The first-order valence-electron chi connectivity index (χ1n) is 4.13. The zero-order valence-electron chi connectivity index (χ0n) is 8.14. The van der Waals surface area contributed by atoms with Crippen molar-refractivity contribution in [1.82, 2.24) is 0 Å². The van der Waals surface area contributed by atoms with Crippen molar-refractivity contribution in [2.24, 2.45) is 0 Å². The maximum atomic E-state index is 5.07. The Morgan fingerprint density at radius 2 is 2.17 bits per heavy atom. The Morgan fingerprint density at radius 3 is 2.58 bits per heavy atom. The molecule has 0 spiro atoms. The molecule has 0 bridgehead atoms. The molecule has 1 aliphatic heterocycles. The maximum absolute atomic E-state index is 5.07. The van der Waals surface area contributed by atoms with E-state index in [2.05, 4.69) is 20.2 Å². The number of rotatable bonds is 2. The predicted molar refractivity (Wildman–Crippen MR) is 46.4 cm³/mol. The molecule has 0 fully saturated rings. The molecule has 0 N–H and O–H groups in total. The first-order chi connectivity index (χ1) is 5.14. The molecule has 12 heavy (non-hydrogen) atoms. The summed E-state index contributed by atoms with van der Waals surface area (Å²) in [6.07, 6.45) is 3.51. The molecule has 0 radical (unpaired) electrons. The molecule has 0 aromatic carbocycles. The zero-order chi connectivity index (χ0) is 8.32. The van der Waals surface area contributed by atoms with E-state index in [1.54, 1.807) is 7.11 Å². The lowest BCUT2D eigenvalue weighted by Gasteiger charge is -2.32. The van der Waals surface area contributed by atoms with Gasteiger partial charge in [0.25, 0.3) is 0 Å². The minimum Gasteiger partial charge on any atom is -1.00 e. The number of methoxy groups -OCH3 is 1. The highest BCUT2D eigenvalue weighted by molar-refractivity contribution is 5.04. The van der Waals surface area contributed by atoms with Crippen molar-refractivity contribution in [1.29, 1.82) is 0 Å². The topological polar surface area (TPSA) is 9.23 Å². The van der Waals surface area contributed by atoms with Crippen molar-refractivity contribution in [3.8, 4) is 0 Å². The summed E-state index contributed by atoms with van der Waals surface area (Å²) in [5.74, 6) is 0. The Labute approximate surface area is 85.6 Å². The SMILES string of the molecule is COCC1=CC[N+](C)(C)CC1.[Br-]. The Balaban J connectivity index is 0.00000121. The predicted octanol–water partition coefficient (Wildman–Crippen LogP) is -1.96. The summed E-state index contributed by atoms with van der Waals surface area (Å²) >= 11 is 0. The number of halogens is 1. The van der Waals surface area contributed by atoms with Crippen molar-refractivity contribution in [3.05, 3.63) is 11.6 Å². The van der Waals surface area contributed by atoms with Gasteiger partial charge in [-0.05, 0) is 11.6 Å². The van der Waals surface area contributed by atoms with Crippen LogP contribution < -0.4 is 17.0 Å². The van der Waals surface area contributed by atoms with E-state index in [1.807, 2.05) is 0 Å². The lowest BCUT2D eigenvalue weighted by molar-refractivity contribution is -0.886. The minimum absolute atomic E-state index is 0. The molecular formula is C9H18BrNO. The molecule has 0 atom stereocenters. The number of ether oxygens (including phenoxy) is 1. The summed E-state index contributed by atoms with van der Waals surface area (Å²) in [5.41, 5.74) is 1.46. The first-order valence-corrected chi connectivity index (χ1v) is 4.13. The van der Waals surface area contributed by atoms with Crippen LogP contribution in [0.5, 0.6) is 0 Å². The van der Waals surface area contributed by atoms with E-state index in [0.29, 0.717) is 0 Å². The van der Waals surface area contributed by atoms with Gasteiger partial charge in [0.2, 0.25) is 0 Å². The van der Waals surface area contributed by atoms with Gasteiger partial charge in [0.1, 0.15) is 0 Å². The first kappa shape index (κ1) is 12.1. The molecule has 2 nitrogen and oxygen atoms in total. The Kier molecular flexibility index (Phi) is 5.06. The van der Waals surface area contributed by atoms with Gasteiger partial charge in [0, 0.05) is 13.5 Å². The van der Waals surface area contributed by atoms with E-state index >= 15 is 0 Å². The largest absolute Gasteiger partial charge is 1.00 e. The third kappa shape index (κ3) is 3.70. The van der Waals surface area contributed by atoms with Crippen molar-refractivity contribution in [2.45, 2.75) is 6.42 Å². The fourth-order valence-corrected chi connectivity index (χ4v) is 1.33. The van der Waals surface area contributed by atoms with Crippen LogP contribution in [0.3, 0.4) is 0 Å². The molecule has 0 aromatic heterocycles. The third-order valence-electron chi connectivity index (χ3n) is 2.24. The van der Waals surface area contributed by atoms with Gasteiger partial charge in [0.15, 0.2) is 0 Å². The van der Waals surface area contributed by atoms with Gasteiger partial charge in [0.05, 0.1) is 33.8 Å². The third-order valence-corrected chi connectivity index (χ3v) is 2.24. The summed E-state index contributed by atoms with van der Waals surface area (Å²) in [5, 5.41) is 0. The molecule has 0 amide bonds. The molecular weight excluding hydrogens is 218 g/mol. The van der Waals surface area contributed by atoms with Gasteiger partial charge in [-0.3, -0.25) is 0 Å². The van der Waals surface area contributed by atoms with Gasteiger partial charge in [-0.25, -0.2) is 0 Å². The van der Waals surface area contributed by atoms with Crippen molar-refractivity contribution < 1.29 is 26.2 Å². The van der Waals surface area contributed by atoms with Gasteiger partial charge >= 0.3 is 0 Å². The summed E-state index contributed by atoms with van der Waals surface area (Å²) in [6.45, 7) is 3.22. The van der Waals surface area contributed by atoms with Crippen LogP contribution in [0.1, 0.15) is 6.42 Å². The molecule has 72 valence electrons. The number of nitrogens with zero attached hydrogens (tertiary/aromatic N) is 1. The van der Waals surface area contributed by atoms with Crippen LogP contribution in [0.2, 0.25) is 0 Å². The Hall–Kier alpha value is 0.140. The lowest BCUT2D eigenvalue weighted by atomic mass is 10.1. The van der Waals surface area contributed by atoms with Crippen LogP contribution in [0.4, 0.5) is 0 Å². The zero-order valence-corrected chi connectivity index (χ0v) is 9.73. The lowest BCUT2D eigenvalue weighted by Crippen LogP contribution is -3.00. The average molecular weight is 236 g/mol. The number of hydrogen-bond acceptors (Lipinski definition) is 1. The average Bonchev–Trinajstić information content (AvgIpc) is 1.94. The molecule has 0 aromatic rings. The van der Waals surface area contributed by atoms with Crippen LogP contribution in [0.15, 0.2) is 11.6 Å². The van der Waals surface area contributed by atoms with E-state index < -0.39 is 0 Å². The van der Waals surface area contributed by atoms with Gasteiger partial charge in [-0.2, -0.15) is 0 Å². The highest BCUT2D eigenvalue weighted by Gasteiger charge is 2.18. The molecule has 1 rings (SSSR count). The molecule has 1 aliphatic rings. The van der Waals surface area contributed by atoms with E-state index in [0.717, 1.165) is 17.6 Å². The smallest absolute Gasteiger partial charge is 0.0973 e. The number of hydrogen-bond donors (Lipinski definition) is 0. The second-order valence-corrected chi connectivity index (χ2v) is 3.89. The monoisotopic (exact) mass is 235 g/mol. The normalized spacial score (nSPS) is 21.1. The summed E-state index contributed by atoms with van der Waals surface area (Å²) in [4.78, 5) is 0. The van der Waals surface area contributed by atoms with E-state index in [1.165, 1.54) is 18.5 Å². The second-order valence-electron chi connectivity index (χ2n) is 3.89. The Morgan fingerprint density at radius 1 is 1.50 bits per heavy atom. The number of likely N-dealkylation sites (N-methyl/N-ethyl adjacent to an activating group) is 1. The van der Waals surface area contributed by atoms with Crippen LogP contribution in [0, 0.1) is 0 Å². The van der Waals surface area contributed by atoms with E-state index in [4.69, 9.17) is 4.74 Å². The van der Waals surface area contributed by atoms with Crippen LogP contribution in [0.25, 0.3) is 0 Å². The highest BCUT2D eigenvalue weighted by Crippen LogP contribution is 2.13. The molecule has 0 saturated heterocycles. The van der Waals surface area contributed by atoms with Crippen LogP contribution in [-0.2, 0) is 4.74 Å². The standard InChI is InChI=1S/C9H18NO.BrH/c1-10(2)6-4-9(5-7-10)8-11-3;/h4H,5-8H2,1-3H3;1H/q+1;/p-1. The van der Waals surface area contributed by atoms with Crippen molar-refractivity contribution in [3.63, 3.8) is 0 Å². The summed E-state index contributed by atoms with van der Waals surface area (Å²) < 4.78 is 6.19. The summed E-state index contributed by atoms with van der Waals surface area (Å²) in [6, 6.07) is 0. The van der Waals surface area contributed by atoms with Gasteiger partial charge < -0.3 is 26.2 Å². The summed E-state index contributed by atoms with van der Waals surface area (Å²) in [7, 11) is 6.29.